The summed E-state index contributed by atoms with van der Waals surface area (Å²) in [6.07, 6.45) is 7.39. The Labute approximate surface area is 129 Å². The second-order valence-corrected chi connectivity index (χ2v) is 6.41. The summed E-state index contributed by atoms with van der Waals surface area (Å²) in [5.41, 5.74) is 5.74. The number of likely N-dealkylation sites (N-methyl/N-ethyl adjacent to an activating group) is 1. The Balaban J connectivity index is 0.00000200. The highest BCUT2D eigenvalue weighted by Gasteiger charge is 2.31. The van der Waals surface area contributed by atoms with Gasteiger partial charge in [-0.05, 0) is 38.6 Å². The molecule has 0 aromatic carbocycles. The Bertz CT molecular complexity index is 307. The van der Waals surface area contributed by atoms with E-state index in [1.54, 1.807) is 0 Å². The van der Waals surface area contributed by atoms with E-state index < -0.39 is 0 Å². The predicted molar refractivity (Wildman–Crippen MR) is 85.1 cm³/mol. The largest absolute Gasteiger partial charge is 0.342 e. The summed E-state index contributed by atoms with van der Waals surface area (Å²) in [5.74, 6) is 0.860. The first kappa shape index (κ1) is 17.7. The molecule has 4 nitrogen and oxygen atoms in total. The number of nitrogens with zero attached hydrogens (tertiary/aromatic N) is 2. The van der Waals surface area contributed by atoms with Crippen LogP contribution in [0.15, 0.2) is 0 Å². The SMILES string of the molecule is CC1CC(CN)CN1CC(=O)N(C)C1CCCCC1.Cl. The fourth-order valence-electron chi connectivity index (χ4n) is 3.57. The van der Waals surface area contributed by atoms with E-state index in [2.05, 4.69) is 11.8 Å². The van der Waals surface area contributed by atoms with Gasteiger partial charge < -0.3 is 10.6 Å². The summed E-state index contributed by atoms with van der Waals surface area (Å²) in [4.78, 5) is 16.7. The van der Waals surface area contributed by atoms with E-state index in [0.717, 1.165) is 19.5 Å². The van der Waals surface area contributed by atoms with Gasteiger partial charge in [0.05, 0.1) is 6.54 Å². The molecule has 2 atom stereocenters. The smallest absolute Gasteiger partial charge is 0.236 e. The van der Waals surface area contributed by atoms with Crippen molar-refractivity contribution >= 4 is 18.3 Å². The number of carbonyl (C=O) groups excluding carboxylic acids is 1. The molecule has 5 heteroatoms. The molecule has 1 saturated heterocycles. The molecule has 0 aromatic rings. The van der Waals surface area contributed by atoms with Gasteiger partial charge in [0, 0.05) is 25.7 Å². The van der Waals surface area contributed by atoms with Crippen LogP contribution in [0.3, 0.4) is 0 Å². The number of halogens is 1. The molecule has 1 aliphatic heterocycles. The normalized spacial score (nSPS) is 28.1. The van der Waals surface area contributed by atoms with Crippen LogP contribution < -0.4 is 5.73 Å². The Morgan fingerprint density at radius 1 is 1.30 bits per heavy atom. The van der Waals surface area contributed by atoms with Crippen molar-refractivity contribution in [2.24, 2.45) is 11.7 Å². The summed E-state index contributed by atoms with van der Waals surface area (Å²) in [6, 6.07) is 0.974. The number of hydrogen-bond donors (Lipinski definition) is 1. The highest BCUT2D eigenvalue weighted by atomic mass is 35.5. The number of nitrogens with two attached hydrogens (primary N) is 1. The Morgan fingerprint density at radius 2 is 1.95 bits per heavy atom. The molecular weight excluding hydrogens is 274 g/mol. The molecule has 2 rings (SSSR count). The number of carbonyl (C=O) groups is 1. The van der Waals surface area contributed by atoms with Crippen molar-refractivity contribution in [1.82, 2.24) is 9.80 Å². The molecule has 2 unspecified atom stereocenters. The minimum absolute atomic E-state index is 0. The van der Waals surface area contributed by atoms with Gasteiger partial charge in [-0.25, -0.2) is 0 Å². The van der Waals surface area contributed by atoms with E-state index in [4.69, 9.17) is 5.73 Å². The number of rotatable bonds is 4. The van der Waals surface area contributed by atoms with Crippen LogP contribution in [-0.2, 0) is 4.79 Å². The van der Waals surface area contributed by atoms with Crippen LogP contribution in [0.5, 0.6) is 0 Å². The summed E-state index contributed by atoms with van der Waals surface area (Å²) in [6.45, 7) is 4.52. The molecule has 1 aliphatic carbocycles. The number of amides is 1. The van der Waals surface area contributed by atoms with Crippen LogP contribution in [0.4, 0.5) is 0 Å². The Kier molecular flexibility index (Phi) is 7.27. The number of hydrogen-bond acceptors (Lipinski definition) is 3. The van der Waals surface area contributed by atoms with Crippen molar-refractivity contribution in [1.29, 1.82) is 0 Å². The van der Waals surface area contributed by atoms with Gasteiger partial charge in [-0.3, -0.25) is 9.69 Å². The van der Waals surface area contributed by atoms with Gasteiger partial charge in [-0.1, -0.05) is 19.3 Å². The molecular formula is C15H30ClN3O. The minimum atomic E-state index is 0. The van der Waals surface area contributed by atoms with Gasteiger partial charge in [-0.15, -0.1) is 12.4 Å². The van der Waals surface area contributed by atoms with Crippen molar-refractivity contribution in [3.05, 3.63) is 0 Å². The van der Waals surface area contributed by atoms with Crippen molar-refractivity contribution in [2.45, 2.75) is 57.5 Å². The summed E-state index contributed by atoms with van der Waals surface area (Å²) in [7, 11) is 1.99. The van der Waals surface area contributed by atoms with E-state index in [1.165, 1.54) is 32.1 Å². The van der Waals surface area contributed by atoms with Crippen molar-refractivity contribution in [3.8, 4) is 0 Å². The molecule has 2 N–H and O–H groups in total. The maximum absolute atomic E-state index is 12.4. The van der Waals surface area contributed by atoms with Gasteiger partial charge in [0.1, 0.15) is 0 Å². The fourth-order valence-corrected chi connectivity index (χ4v) is 3.57. The molecule has 0 spiro atoms. The molecule has 118 valence electrons. The maximum atomic E-state index is 12.4. The van der Waals surface area contributed by atoms with Crippen LogP contribution in [-0.4, -0.2) is 54.5 Å². The lowest BCUT2D eigenvalue weighted by Crippen LogP contribution is -2.45. The van der Waals surface area contributed by atoms with Crippen LogP contribution >= 0.6 is 12.4 Å². The molecule has 1 saturated carbocycles. The van der Waals surface area contributed by atoms with Crippen LogP contribution in [0.2, 0.25) is 0 Å². The summed E-state index contributed by atoms with van der Waals surface area (Å²) >= 11 is 0. The predicted octanol–water partition coefficient (Wildman–Crippen LogP) is 1.87. The monoisotopic (exact) mass is 303 g/mol. The first-order chi connectivity index (χ1) is 9.11. The Hall–Kier alpha value is -0.320. The van der Waals surface area contributed by atoms with E-state index in [1.807, 2.05) is 11.9 Å². The molecule has 0 bridgehead atoms. The Morgan fingerprint density at radius 3 is 2.50 bits per heavy atom. The quantitative estimate of drug-likeness (QED) is 0.862. The van der Waals surface area contributed by atoms with Gasteiger partial charge in [0.2, 0.25) is 5.91 Å². The van der Waals surface area contributed by atoms with Gasteiger partial charge in [0.25, 0.3) is 0 Å². The van der Waals surface area contributed by atoms with E-state index in [0.29, 0.717) is 24.5 Å². The minimum Gasteiger partial charge on any atom is -0.342 e. The molecule has 1 heterocycles. The average molecular weight is 304 g/mol. The highest BCUT2D eigenvalue weighted by Crippen LogP contribution is 2.24. The second kappa shape index (κ2) is 8.20. The zero-order valence-electron chi connectivity index (χ0n) is 12.9. The average Bonchev–Trinajstić information content (AvgIpc) is 2.79. The standard InChI is InChI=1S/C15H29N3O.ClH/c1-12-8-13(9-16)10-18(12)11-15(19)17(2)14-6-4-3-5-7-14;/h12-14H,3-11,16H2,1-2H3;1H. The molecule has 2 aliphatic rings. The van der Waals surface area contributed by atoms with E-state index in [9.17, 15) is 4.79 Å². The van der Waals surface area contributed by atoms with Gasteiger partial charge in [-0.2, -0.15) is 0 Å². The van der Waals surface area contributed by atoms with Crippen molar-refractivity contribution in [3.63, 3.8) is 0 Å². The zero-order valence-corrected chi connectivity index (χ0v) is 13.7. The van der Waals surface area contributed by atoms with Crippen molar-refractivity contribution in [2.75, 3.05) is 26.7 Å². The van der Waals surface area contributed by atoms with Crippen molar-refractivity contribution < 1.29 is 4.79 Å². The lowest BCUT2D eigenvalue weighted by atomic mass is 9.94. The van der Waals surface area contributed by atoms with Crippen LogP contribution in [0, 0.1) is 5.92 Å². The highest BCUT2D eigenvalue weighted by molar-refractivity contribution is 5.85. The zero-order chi connectivity index (χ0) is 13.8. The molecule has 2 fully saturated rings. The first-order valence-corrected chi connectivity index (χ1v) is 7.81. The second-order valence-electron chi connectivity index (χ2n) is 6.41. The van der Waals surface area contributed by atoms with Gasteiger partial charge >= 0.3 is 0 Å². The lowest BCUT2D eigenvalue weighted by molar-refractivity contribution is -0.134. The van der Waals surface area contributed by atoms with E-state index in [-0.39, 0.29) is 18.3 Å². The molecule has 1 amide bonds. The number of likely N-dealkylation sites (tertiary alicyclic amines) is 1. The summed E-state index contributed by atoms with van der Waals surface area (Å²) < 4.78 is 0. The van der Waals surface area contributed by atoms with Crippen LogP contribution in [0.1, 0.15) is 45.4 Å². The maximum Gasteiger partial charge on any atom is 0.236 e. The first-order valence-electron chi connectivity index (χ1n) is 7.81. The van der Waals surface area contributed by atoms with Crippen LogP contribution in [0.25, 0.3) is 0 Å². The summed E-state index contributed by atoms with van der Waals surface area (Å²) in [5, 5.41) is 0. The third-order valence-electron chi connectivity index (χ3n) is 4.98. The third-order valence-corrected chi connectivity index (χ3v) is 4.98. The molecule has 20 heavy (non-hydrogen) atoms. The molecule has 0 radical (unpaired) electrons. The fraction of sp³-hybridized carbons (Fsp3) is 0.933. The third kappa shape index (κ3) is 4.34. The lowest BCUT2D eigenvalue weighted by Gasteiger charge is -2.33. The topological polar surface area (TPSA) is 49.6 Å². The van der Waals surface area contributed by atoms with E-state index >= 15 is 0 Å². The van der Waals surface area contributed by atoms with Gasteiger partial charge in [0.15, 0.2) is 0 Å². The molecule has 0 aromatic heterocycles.